The lowest BCUT2D eigenvalue weighted by Crippen LogP contribution is -2.08. The quantitative estimate of drug-likeness (QED) is 0.741. The van der Waals surface area contributed by atoms with Gasteiger partial charge in [-0.15, -0.1) is 0 Å². The summed E-state index contributed by atoms with van der Waals surface area (Å²) in [5.41, 5.74) is 0.646. The van der Waals surface area contributed by atoms with Crippen molar-refractivity contribution in [3.8, 4) is 5.75 Å². The zero-order valence-electron chi connectivity index (χ0n) is 7.44. The Morgan fingerprint density at radius 3 is 2.53 bits per heavy atom. The first-order valence-corrected chi connectivity index (χ1v) is 5.87. The van der Waals surface area contributed by atoms with Gasteiger partial charge in [-0.25, -0.2) is 8.78 Å². The Balaban J connectivity index is 2.93. The van der Waals surface area contributed by atoms with Gasteiger partial charge in [0.05, 0.1) is 5.02 Å². The Bertz CT molecular complexity index is 347. The molecule has 0 saturated heterocycles. The molecule has 0 saturated carbocycles. The number of hydrogen-bond donors (Lipinski definition) is 0. The third-order valence-electron chi connectivity index (χ3n) is 1.58. The summed E-state index contributed by atoms with van der Waals surface area (Å²) < 4.78 is 28.8. The Labute approximate surface area is 104 Å². The van der Waals surface area contributed by atoms with Gasteiger partial charge < -0.3 is 4.74 Å². The lowest BCUT2D eigenvalue weighted by atomic mass is 10.2. The molecule has 84 valence electrons. The Morgan fingerprint density at radius 1 is 1.33 bits per heavy atom. The molecule has 1 aromatic carbocycles. The van der Waals surface area contributed by atoms with E-state index in [0.717, 1.165) is 0 Å². The van der Waals surface area contributed by atoms with Gasteiger partial charge in [0.2, 0.25) is 0 Å². The molecule has 1 aromatic rings. The summed E-state index contributed by atoms with van der Waals surface area (Å²) in [7, 11) is 0. The van der Waals surface area contributed by atoms with Crippen molar-refractivity contribution in [1.29, 1.82) is 0 Å². The topological polar surface area (TPSA) is 9.23 Å². The fourth-order valence-electron chi connectivity index (χ4n) is 1.02. The van der Waals surface area contributed by atoms with Crippen LogP contribution >= 0.6 is 39.1 Å². The maximum Gasteiger partial charge on any atom is 0.272 e. The van der Waals surface area contributed by atoms with Crippen molar-refractivity contribution in [3.05, 3.63) is 27.7 Å². The van der Waals surface area contributed by atoms with E-state index in [0.29, 0.717) is 15.9 Å². The summed E-state index contributed by atoms with van der Waals surface area (Å²) in [5.74, 6) is 0.248. The maximum atomic E-state index is 12.0. The molecular weight excluding hydrogens is 313 g/mol. The SMILES string of the molecule is FC(F)COc1c(Cl)cc(Cl)cc1CBr. The lowest BCUT2D eigenvalue weighted by Gasteiger charge is -2.11. The van der Waals surface area contributed by atoms with Crippen molar-refractivity contribution < 1.29 is 13.5 Å². The first-order valence-electron chi connectivity index (χ1n) is 3.99. The lowest BCUT2D eigenvalue weighted by molar-refractivity contribution is 0.0816. The minimum absolute atomic E-state index is 0.234. The highest BCUT2D eigenvalue weighted by molar-refractivity contribution is 9.08. The summed E-state index contributed by atoms with van der Waals surface area (Å²) >= 11 is 14.8. The fourth-order valence-corrected chi connectivity index (χ4v) is 2.03. The third-order valence-corrected chi connectivity index (χ3v) is 2.69. The second-order valence-electron chi connectivity index (χ2n) is 2.71. The molecule has 6 heteroatoms. The van der Waals surface area contributed by atoms with Crippen LogP contribution in [0.5, 0.6) is 5.75 Å². The van der Waals surface area contributed by atoms with Gasteiger partial charge in [0.1, 0.15) is 12.4 Å². The highest BCUT2D eigenvalue weighted by Crippen LogP contribution is 2.33. The van der Waals surface area contributed by atoms with E-state index in [2.05, 4.69) is 15.9 Å². The standard InChI is InChI=1S/C9H7BrCl2F2O/c10-3-5-1-6(11)2-7(12)9(5)15-4-8(13)14/h1-2,8H,3-4H2. The molecule has 0 N–H and O–H groups in total. The Kier molecular flexibility index (Phi) is 5.09. The predicted molar refractivity (Wildman–Crippen MR) is 60.6 cm³/mol. The molecular formula is C9H7BrCl2F2O. The number of ether oxygens (including phenoxy) is 1. The second-order valence-corrected chi connectivity index (χ2v) is 4.12. The summed E-state index contributed by atoms with van der Waals surface area (Å²) in [5, 5.41) is 1.11. The van der Waals surface area contributed by atoms with Gasteiger partial charge in [0, 0.05) is 15.9 Å². The van der Waals surface area contributed by atoms with Gasteiger partial charge in [0.25, 0.3) is 6.43 Å². The summed E-state index contributed by atoms with van der Waals surface area (Å²) in [6.07, 6.45) is -2.53. The molecule has 0 bridgehead atoms. The van der Waals surface area contributed by atoms with Gasteiger partial charge in [-0.05, 0) is 12.1 Å². The van der Waals surface area contributed by atoms with Crippen molar-refractivity contribution in [1.82, 2.24) is 0 Å². The van der Waals surface area contributed by atoms with Crippen LogP contribution in [0.1, 0.15) is 5.56 Å². The predicted octanol–water partition coefficient (Wildman–Crippen LogP) is 4.53. The molecule has 15 heavy (non-hydrogen) atoms. The van der Waals surface area contributed by atoms with Crippen molar-refractivity contribution in [2.45, 2.75) is 11.8 Å². The zero-order valence-corrected chi connectivity index (χ0v) is 10.5. The van der Waals surface area contributed by atoms with Gasteiger partial charge in [-0.2, -0.15) is 0 Å². The molecule has 0 unspecified atom stereocenters. The summed E-state index contributed by atoms with van der Waals surface area (Å²) in [6, 6.07) is 3.07. The van der Waals surface area contributed by atoms with E-state index in [1.165, 1.54) is 6.07 Å². The van der Waals surface area contributed by atoms with E-state index < -0.39 is 13.0 Å². The summed E-state index contributed by atoms with van der Waals surface area (Å²) in [6.45, 7) is -0.679. The maximum absolute atomic E-state index is 12.0. The number of halogens is 5. The van der Waals surface area contributed by atoms with Crippen LogP contribution in [0.4, 0.5) is 8.78 Å². The average Bonchev–Trinajstić information content (AvgIpc) is 2.14. The van der Waals surface area contributed by atoms with Crippen LogP contribution in [-0.2, 0) is 5.33 Å². The molecule has 0 atom stereocenters. The van der Waals surface area contributed by atoms with Crippen LogP contribution in [0.2, 0.25) is 10.0 Å². The number of benzene rings is 1. The summed E-state index contributed by atoms with van der Waals surface area (Å²) in [4.78, 5) is 0. The van der Waals surface area contributed by atoms with E-state index in [-0.39, 0.29) is 10.8 Å². The first-order chi connectivity index (χ1) is 7.04. The van der Waals surface area contributed by atoms with Crippen LogP contribution in [0, 0.1) is 0 Å². The first kappa shape index (κ1) is 13.0. The molecule has 0 radical (unpaired) electrons. The van der Waals surface area contributed by atoms with Crippen molar-refractivity contribution >= 4 is 39.1 Å². The monoisotopic (exact) mass is 318 g/mol. The van der Waals surface area contributed by atoms with Gasteiger partial charge in [-0.3, -0.25) is 0 Å². The molecule has 0 aliphatic heterocycles. The number of rotatable bonds is 4. The van der Waals surface area contributed by atoms with Gasteiger partial charge in [-0.1, -0.05) is 39.1 Å². The minimum atomic E-state index is -2.53. The minimum Gasteiger partial charge on any atom is -0.486 e. The smallest absolute Gasteiger partial charge is 0.272 e. The van der Waals surface area contributed by atoms with E-state index in [4.69, 9.17) is 27.9 Å². The zero-order chi connectivity index (χ0) is 11.4. The molecule has 1 nitrogen and oxygen atoms in total. The van der Waals surface area contributed by atoms with Crippen LogP contribution in [-0.4, -0.2) is 13.0 Å². The molecule has 0 aliphatic rings. The van der Waals surface area contributed by atoms with Crippen LogP contribution in [0.3, 0.4) is 0 Å². The highest BCUT2D eigenvalue weighted by atomic mass is 79.9. The third kappa shape index (κ3) is 3.78. The van der Waals surface area contributed by atoms with E-state index in [9.17, 15) is 8.78 Å². The van der Waals surface area contributed by atoms with Crippen molar-refractivity contribution in [2.75, 3.05) is 6.61 Å². The van der Waals surface area contributed by atoms with Crippen molar-refractivity contribution in [3.63, 3.8) is 0 Å². The number of hydrogen-bond acceptors (Lipinski definition) is 1. The molecule has 0 amide bonds. The second kappa shape index (κ2) is 5.87. The van der Waals surface area contributed by atoms with E-state index in [1.54, 1.807) is 6.07 Å². The van der Waals surface area contributed by atoms with Gasteiger partial charge >= 0.3 is 0 Å². The number of alkyl halides is 3. The largest absolute Gasteiger partial charge is 0.486 e. The molecule has 0 aromatic heterocycles. The van der Waals surface area contributed by atoms with E-state index in [1.807, 2.05) is 0 Å². The van der Waals surface area contributed by atoms with Crippen LogP contribution in [0.25, 0.3) is 0 Å². The molecule has 0 fully saturated rings. The van der Waals surface area contributed by atoms with Crippen LogP contribution < -0.4 is 4.74 Å². The Morgan fingerprint density at radius 2 is 2.00 bits per heavy atom. The van der Waals surface area contributed by atoms with Crippen LogP contribution in [0.15, 0.2) is 12.1 Å². The normalized spacial score (nSPS) is 10.8. The fraction of sp³-hybridized carbons (Fsp3) is 0.333. The Hall–Kier alpha value is -0.0600. The average molecular weight is 320 g/mol. The molecule has 0 spiro atoms. The highest BCUT2D eigenvalue weighted by Gasteiger charge is 2.12. The molecule has 1 rings (SSSR count). The molecule has 0 heterocycles. The van der Waals surface area contributed by atoms with Gasteiger partial charge in [0.15, 0.2) is 0 Å². The molecule has 0 aliphatic carbocycles. The van der Waals surface area contributed by atoms with E-state index >= 15 is 0 Å². The van der Waals surface area contributed by atoms with Crippen molar-refractivity contribution in [2.24, 2.45) is 0 Å².